The average Bonchev–Trinajstić information content (AvgIpc) is 2.19. The molecule has 0 atom stereocenters. The van der Waals surface area contributed by atoms with Gasteiger partial charge in [0.05, 0.1) is 4.92 Å². The van der Waals surface area contributed by atoms with Crippen LogP contribution in [-0.2, 0) is 11.2 Å². The third kappa shape index (κ3) is 3.61. The molecule has 1 aromatic carbocycles. The molecule has 0 N–H and O–H groups in total. The first kappa shape index (κ1) is 13.2. The second kappa shape index (κ2) is 6.00. The molecule has 86 valence electrons. The number of rotatable bonds is 4. The highest BCUT2D eigenvalue weighted by Crippen LogP contribution is 2.27. The maximum atomic E-state index is 10.8. The maximum absolute atomic E-state index is 10.8. The van der Waals surface area contributed by atoms with E-state index < -0.39 is 4.92 Å². The smallest absolute Gasteiger partial charge is 0.273 e. The minimum atomic E-state index is -0.404. The maximum Gasteiger partial charge on any atom is 0.273 e. The molecule has 0 aliphatic carbocycles. The second-order valence-corrected chi connectivity index (χ2v) is 5.21. The van der Waals surface area contributed by atoms with Crippen molar-refractivity contribution in [2.24, 2.45) is 0 Å². The van der Waals surface area contributed by atoms with Gasteiger partial charge in [-0.1, -0.05) is 33.8 Å². The Morgan fingerprint density at radius 2 is 2.25 bits per heavy atom. The summed E-state index contributed by atoms with van der Waals surface area (Å²) in [6, 6.07) is 4.86. The minimum Gasteiger partial charge on any atom is -0.288 e. The van der Waals surface area contributed by atoms with E-state index in [0.29, 0.717) is 22.2 Å². The van der Waals surface area contributed by atoms with Crippen molar-refractivity contribution in [3.63, 3.8) is 0 Å². The molecule has 0 heterocycles. The molecular weight excluding hydrogens is 294 g/mol. The van der Waals surface area contributed by atoms with E-state index in [-0.39, 0.29) is 10.8 Å². The Bertz CT molecular complexity index is 423. The Morgan fingerprint density at radius 3 is 2.81 bits per heavy atom. The van der Waals surface area contributed by atoms with Crippen LogP contribution in [-0.4, -0.2) is 15.8 Å². The lowest BCUT2D eigenvalue weighted by Gasteiger charge is -2.04. The van der Waals surface area contributed by atoms with Gasteiger partial charge in [-0.15, -0.1) is 0 Å². The topological polar surface area (TPSA) is 60.2 Å². The molecule has 0 spiro atoms. The van der Waals surface area contributed by atoms with Crippen LogP contribution in [0.4, 0.5) is 5.69 Å². The zero-order valence-corrected chi connectivity index (χ0v) is 11.0. The van der Waals surface area contributed by atoms with E-state index in [1.54, 1.807) is 12.1 Å². The lowest BCUT2D eigenvalue weighted by Crippen LogP contribution is -1.99. The fraction of sp³-hybridized carbons (Fsp3) is 0.300. The molecule has 6 heteroatoms. The van der Waals surface area contributed by atoms with E-state index in [4.69, 9.17) is 0 Å². The van der Waals surface area contributed by atoms with Crippen molar-refractivity contribution < 1.29 is 9.72 Å². The SMILES string of the molecule is CC(=O)SCCc1c(Br)cccc1[N+](=O)[O-]. The van der Waals surface area contributed by atoms with Crippen LogP contribution in [0.15, 0.2) is 22.7 Å². The predicted molar refractivity (Wildman–Crippen MR) is 67.6 cm³/mol. The molecule has 0 unspecified atom stereocenters. The Hall–Kier alpha value is -0.880. The number of benzene rings is 1. The highest BCUT2D eigenvalue weighted by molar-refractivity contribution is 9.10. The van der Waals surface area contributed by atoms with Crippen LogP contribution < -0.4 is 0 Å². The molecule has 0 radical (unpaired) electrons. The van der Waals surface area contributed by atoms with Crippen molar-refractivity contribution in [1.29, 1.82) is 0 Å². The number of carbonyl (C=O) groups excluding carboxylic acids is 1. The van der Waals surface area contributed by atoms with Crippen molar-refractivity contribution in [2.45, 2.75) is 13.3 Å². The lowest BCUT2D eigenvalue weighted by molar-refractivity contribution is -0.385. The molecule has 4 nitrogen and oxygen atoms in total. The molecule has 0 aliphatic heterocycles. The fourth-order valence-electron chi connectivity index (χ4n) is 1.26. The van der Waals surface area contributed by atoms with E-state index >= 15 is 0 Å². The number of nitrogens with zero attached hydrogens (tertiary/aromatic N) is 1. The van der Waals surface area contributed by atoms with Crippen molar-refractivity contribution in [3.8, 4) is 0 Å². The van der Waals surface area contributed by atoms with Crippen LogP contribution in [0.5, 0.6) is 0 Å². The molecular formula is C10H10BrNO3S. The number of nitro groups is 1. The van der Waals surface area contributed by atoms with Gasteiger partial charge in [-0.05, 0) is 12.5 Å². The van der Waals surface area contributed by atoms with Crippen LogP contribution in [0, 0.1) is 10.1 Å². The fourth-order valence-corrected chi connectivity index (χ4v) is 2.41. The average molecular weight is 304 g/mol. The zero-order valence-electron chi connectivity index (χ0n) is 8.60. The van der Waals surface area contributed by atoms with Crippen molar-refractivity contribution >= 4 is 38.5 Å². The molecule has 0 saturated carbocycles. The van der Waals surface area contributed by atoms with E-state index in [0.717, 1.165) is 0 Å². The lowest BCUT2D eigenvalue weighted by atomic mass is 10.1. The van der Waals surface area contributed by atoms with E-state index in [1.807, 2.05) is 0 Å². The van der Waals surface area contributed by atoms with Gasteiger partial charge in [0.1, 0.15) is 0 Å². The van der Waals surface area contributed by atoms with Gasteiger partial charge in [-0.25, -0.2) is 0 Å². The molecule has 0 aliphatic rings. The van der Waals surface area contributed by atoms with Gasteiger partial charge in [0.15, 0.2) is 5.12 Å². The number of carbonyl (C=O) groups is 1. The summed E-state index contributed by atoms with van der Waals surface area (Å²) in [7, 11) is 0. The largest absolute Gasteiger partial charge is 0.288 e. The van der Waals surface area contributed by atoms with E-state index in [9.17, 15) is 14.9 Å². The molecule has 16 heavy (non-hydrogen) atoms. The zero-order chi connectivity index (χ0) is 12.1. The Morgan fingerprint density at radius 1 is 1.56 bits per heavy atom. The second-order valence-electron chi connectivity index (χ2n) is 3.08. The minimum absolute atomic E-state index is 0.0229. The standard InChI is InChI=1S/C10H10BrNO3S/c1-7(13)16-6-5-8-9(11)3-2-4-10(8)12(14)15/h2-4H,5-6H2,1H3. The summed E-state index contributed by atoms with van der Waals surface area (Å²) in [4.78, 5) is 21.1. The summed E-state index contributed by atoms with van der Waals surface area (Å²) in [5, 5.41) is 10.8. The van der Waals surface area contributed by atoms with Crippen molar-refractivity contribution in [2.75, 3.05) is 5.75 Å². The number of halogens is 1. The molecule has 0 saturated heterocycles. The summed E-state index contributed by atoms with van der Waals surface area (Å²) >= 11 is 4.46. The number of thioether (sulfide) groups is 1. The predicted octanol–water partition coefficient (Wildman–Crippen LogP) is 3.18. The van der Waals surface area contributed by atoms with Crippen LogP contribution in [0.2, 0.25) is 0 Å². The van der Waals surface area contributed by atoms with E-state index in [1.165, 1.54) is 24.8 Å². The van der Waals surface area contributed by atoms with Crippen LogP contribution in [0.1, 0.15) is 12.5 Å². The Balaban J connectivity index is 2.84. The molecule has 0 bridgehead atoms. The first-order valence-corrected chi connectivity index (χ1v) is 6.35. The monoisotopic (exact) mass is 303 g/mol. The molecule has 1 aromatic rings. The summed E-state index contributed by atoms with van der Waals surface area (Å²) in [6.45, 7) is 1.49. The van der Waals surface area contributed by atoms with Gasteiger partial charge >= 0.3 is 0 Å². The molecule has 0 aromatic heterocycles. The van der Waals surface area contributed by atoms with E-state index in [2.05, 4.69) is 15.9 Å². The quantitative estimate of drug-likeness (QED) is 0.633. The summed E-state index contributed by atoms with van der Waals surface area (Å²) < 4.78 is 0.714. The number of hydrogen-bond donors (Lipinski definition) is 0. The van der Waals surface area contributed by atoms with Gasteiger partial charge in [0.25, 0.3) is 5.69 Å². The molecule has 1 rings (SSSR count). The Kier molecular flexibility index (Phi) is 4.95. The number of nitro benzene ring substituents is 1. The summed E-state index contributed by atoms with van der Waals surface area (Å²) in [5.74, 6) is 0.554. The third-order valence-corrected chi connectivity index (χ3v) is 3.51. The summed E-state index contributed by atoms with van der Waals surface area (Å²) in [5.41, 5.74) is 0.736. The van der Waals surface area contributed by atoms with Gasteiger partial charge < -0.3 is 0 Å². The van der Waals surface area contributed by atoms with Crippen LogP contribution in [0.25, 0.3) is 0 Å². The van der Waals surface area contributed by atoms with Crippen LogP contribution in [0.3, 0.4) is 0 Å². The van der Waals surface area contributed by atoms with Crippen LogP contribution >= 0.6 is 27.7 Å². The number of hydrogen-bond acceptors (Lipinski definition) is 4. The normalized spacial score (nSPS) is 10.1. The van der Waals surface area contributed by atoms with Crippen molar-refractivity contribution in [3.05, 3.63) is 38.3 Å². The highest BCUT2D eigenvalue weighted by Gasteiger charge is 2.15. The molecule has 0 fully saturated rings. The Labute approximate surface area is 106 Å². The van der Waals surface area contributed by atoms with Gasteiger partial charge in [-0.2, -0.15) is 0 Å². The van der Waals surface area contributed by atoms with Crippen molar-refractivity contribution in [1.82, 2.24) is 0 Å². The third-order valence-electron chi connectivity index (χ3n) is 1.95. The van der Waals surface area contributed by atoms with Gasteiger partial charge in [0.2, 0.25) is 0 Å². The van der Waals surface area contributed by atoms with Gasteiger partial charge in [0, 0.05) is 28.8 Å². The molecule has 0 amide bonds. The highest BCUT2D eigenvalue weighted by atomic mass is 79.9. The first-order chi connectivity index (χ1) is 7.52. The summed E-state index contributed by atoms with van der Waals surface area (Å²) in [6.07, 6.45) is 0.502. The van der Waals surface area contributed by atoms with Gasteiger partial charge in [-0.3, -0.25) is 14.9 Å². The first-order valence-electron chi connectivity index (χ1n) is 4.57.